The lowest BCUT2D eigenvalue weighted by atomic mass is 10.0. The van der Waals surface area contributed by atoms with Gasteiger partial charge in [0.05, 0.1) is 6.10 Å². The van der Waals surface area contributed by atoms with Crippen LogP contribution in [0.25, 0.3) is 11.0 Å². The van der Waals surface area contributed by atoms with Gasteiger partial charge in [0.2, 0.25) is 0 Å². The lowest BCUT2D eigenvalue weighted by Crippen LogP contribution is -1.99. The Kier molecular flexibility index (Phi) is 3.40. The molecule has 3 rings (SSSR count). The van der Waals surface area contributed by atoms with Crippen LogP contribution in [-0.4, -0.2) is 5.11 Å². The van der Waals surface area contributed by atoms with E-state index in [1.54, 1.807) is 11.3 Å². The Balaban J connectivity index is 1.84. The summed E-state index contributed by atoms with van der Waals surface area (Å²) >= 11 is 1.74. The van der Waals surface area contributed by atoms with Gasteiger partial charge in [-0.2, -0.15) is 0 Å². The number of rotatable bonds is 4. The lowest BCUT2D eigenvalue weighted by molar-refractivity contribution is 0.167. The Morgan fingerprint density at radius 2 is 2.05 bits per heavy atom. The van der Waals surface area contributed by atoms with Crippen LogP contribution in [-0.2, 0) is 6.42 Å². The van der Waals surface area contributed by atoms with Crippen LogP contribution in [0, 0.1) is 6.92 Å². The van der Waals surface area contributed by atoms with E-state index in [0.717, 1.165) is 35.1 Å². The molecule has 0 spiro atoms. The number of aryl methyl sites for hydroxylation is 2. The fourth-order valence-corrected chi connectivity index (χ4v) is 3.20. The van der Waals surface area contributed by atoms with E-state index in [1.165, 1.54) is 4.88 Å². The largest absolute Gasteiger partial charge is 0.461 e. The van der Waals surface area contributed by atoms with Crippen molar-refractivity contribution in [3.05, 3.63) is 58.0 Å². The minimum Gasteiger partial charge on any atom is -0.461 e. The zero-order valence-corrected chi connectivity index (χ0v) is 11.6. The van der Waals surface area contributed by atoms with Gasteiger partial charge in [0.25, 0.3) is 0 Å². The summed E-state index contributed by atoms with van der Waals surface area (Å²) in [5.74, 6) is 0.819. The summed E-state index contributed by atoms with van der Waals surface area (Å²) in [6.45, 7) is 1.92. The summed E-state index contributed by atoms with van der Waals surface area (Å²) < 4.78 is 5.70. The summed E-state index contributed by atoms with van der Waals surface area (Å²) in [5, 5.41) is 13.5. The van der Waals surface area contributed by atoms with Gasteiger partial charge in [-0.05, 0) is 37.3 Å². The van der Waals surface area contributed by atoms with Gasteiger partial charge in [-0.25, -0.2) is 0 Å². The maximum Gasteiger partial charge on any atom is 0.134 e. The van der Waals surface area contributed by atoms with E-state index in [4.69, 9.17) is 4.42 Å². The average Bonchev–Trinajstić information content (AvgIpc) is 3.02. The van der Waals surface area contributed by atoms with Crippen molar-refractivity contribution in [3.8, 4) is 0 Å². The van der Waals surface area contributed by atoms with Crippen molar-refractivity contribution >= 4 is 22.3 Å². The van der Waals surface area contributed by atoms with Crippen molar-refractivity contribution in [1.29, 1.82) is 0 Å². The zero-order valence-electron chi connectivity index (χ0n) is 10.8. The van der Waals surface area contributed by atoms with Crippen LogP contribution in [0.15, 0.2) is 46.2 Å². The fourth-order valence-electron chi connectivity index (χ4n) is 2.48. The summed E-state index contributed by atoms with van der Waals surface area (Å²) in [5.41, 5.74) is 1.79. The minimum absolute atomic E-state index is 0.467. The van der Waals surface area contributed by atoms with Crippen molar-refractivity contribution in [3.63, 3.8) is 0 Å². The highest BCUT2D eigenvalue weighted by Gasteiger charge is 2.18. The molecule has 19 heavy (non-hydrogen) atoms. The number of furan rings is 1. The first-order valence-corrected chi connectivity index (χ1v) is 7.32. The SMILES string of the molecule is Cc1oc2ccccc2c1C(O)CCc1cccs1. The van der Waals surface area contributed by atoms with Crippen molar-refractivity contribution in [2.24, 2.45) is 0 Å². The van der Waals surface area contributed by atoms with Gasteiger partial charge < -0.3 is 9.52 Å². The van der Waals surface area contributed by atoms with E-state index in [2.05, 4.69) is 11.4 Å². The second kappa shape index (κ2) is 5.19. The Hall–Kier alpha value is -1.58. The third-order valence-corrected chi connectivity index (χ3v) is 4.33. The lowest BCUT2D eigenvalue weighted by Gasteiger charge is -2.09. The maximum atomic E-state index is 10.4. The third kappa shape index (κ3) is 2.44. The molecule has 2 nitrogen and oxygen atoms in total. The van der Waals surface area contributed by atoms with Crippen LogP contribution in [0.5, 0.6) is 0 Å². The monoisotopic (exact) mass is 272 g/mol. The van der Waals surface area contributed by atoms with E-state index in [1.807, 2.05) is 37.3 Å². The molecule has 0 aliphatic carbocycles. The van der Waals surface area contributed by atoms with Crippen molar-refractivity contribution < 1.29 is 9.52 Å². The highest BCUT2D eigenvalue weighted by molar-refractivity contribution is 7.09. The molecular formula is C16H16O2S. The second-order valence-corrected chi connectivity index (χ2v) is 5.73. The normalized spacial score (nSPS) is 12.9. The Morgan fingerprint density at radius 1 is 1.21 bits per heavy atom. The van der Waals surface area contributed by atoms with Gasteiger partial charge in [0.15, 0.2) is 0 Å². The number of aliphatic hydroxyl groups is 1. The van der Waals surface area contributed by atoms with Gasteiger partial charge in [-0.15, -0.1) is 11.3 Å². The van der Waals surface area contributed by atoms with Crippen LogP contribution in [0.2, 0.25) is 0 Å². The van der Waals surface area contributed by atoms with Crippen LogP contribution >= 0.6 is 11.3 Å². The van der Waals surface area contributed by atoms with Crippen LogP contribution in [0.1, 0.15) is 28.7 Å². The molecule has 0 aliphatic rings. The van der Waals surface area contributed by atoms with E-state index in [0.29, 0.717) is 0 Å². The molecule has 0 saturated heterocycles. The number of benzene rings is 1. The molecule has 3 aromatic rings. The number of hydrogen-bond acceptors (Lipinski definition) is 3. The summed E-state index contributed by atoms with van der Waals surface area (Å²) in [6, 6.07) is 12.0. The Morgan fingerprint density at radius 3 is 2.84 bits per heavy atom. The molecule has 1 N–H and O–H groups in total. The Bertz CT molecular complexity index is 667. The Labute approximate surface area is 116 Å². The quantitative estimate of drug-likeness (QED) is 0.760. The molecule has 1 unspecified atom stereocenters. The summed E-state index contributed by atoms with van der Waals surface area (Å²) in [6.07, 6.45) is 1.16. The van der Waals surface area contributed by atoms with Crippen molar-refractivity contribution in [2.75, 3.05) is 0 Å². The smallest absolute Gasteiger partial charge is 0.134 e. The first-order chi connectivity index (χ1) is 9.25. The first-order valence-electron chi connectivity index (χ1n) is 6.44. The molecule has 0 aliphatic heterocycles. The average molecular weight is 272 g/mol. The number of thiophene rings is 1. The molecule has 0 bridgehead atoms. The summed E-state index contributed by atoms with van der Waals surface area (Å²) in [7, 11) is 0. The molecule has 0 fully saturated rings. The van der Waals surface area contributed by atoms with E-state index in [9.17, 15) is 5.11 Å². The molecule has 2 aromatic heterocycles. The minimum atomic E-state index is -0.467. The van der Waals surface area contributed by atoms with Crippen molar-refractivity contribution in [1.82, 2.24) is 0 Å². The topological polar surface area (TPSA) is 33.4 Å². The van der Waals surface area contributed by atoms with Gasteiger partial charge in [0.1, 0.15) is 11.3 Å². The van der Waals surface area contributed by atoms with Crippen LogP contribution in [0.3, 0.4) is 0 Å². The number of hydrogen-bond donors (Lipinski definition) is 1. The molecule has 98 valence electrons. The predicted molar refractivity (Wildman–Crippen MR) is 78.6 cm³/mol. The van der Waals surface area contributed by atoms with Gasteiger partial charge in [-0.3, -0.25) is 0 Å². The number of aliphatic hydroxyl groups excluding tert-OH is 1. The van der Waals surface area contributed by atoms with Crippen LogP contribution < -0.4 is 0 Å². The van der Waals surface area contributed by atoms with Crippen molar-refractivity contribution in [2.45, 2.75) is 25.9 Å². The standard InChI is InChI=1S/C16H16O2S/c1-11-16(13-6-2-3-7-15(13)18-11)14(17)9-8-12-5-4-10-19-12/h2-7,10,14,17H,8-9H2,1H3. The first kappa shape index (κ1) is 12.5. The highest BCUT2D eigenvalue weighted by atomic mass is 32.1. The molecule has 2 heterocycles. The fraction of sp³-hybridized carbons (Fsp3) is 0.250. The second-order valence-electron chi connectivity index (χ2n) is 4.70. The molecule has 0 radical (unpaired) electrons. The van der Waals surface area contributed by atoms with Gasteiger partial charge in [0, 0.05) is 15.8 Å². The molecule has 1 atom stereocenters. The zero-order chi connectivity index (χ0) is 13.2. The molecule has 0 amide bonds. The maximum absolute atomic E-state index is 10.4. The number of fused-ring (bicyclic) bond motifs is 1. The van der Waals surface area contributed by atoms with Crippen LogP contribution in [0.4, 0.5) is 0 Å². The number of para-hydroxylation sites is 1. The van der Waals surface area contributed by atoms with E-state index >= 15 is 0 Å². The van der Waals surface area contributed by atoms with Gasteiger partial charge >= 0.3 is 0 Å². The molecule has 3 heteroatoms. The highest BCUT2D eigenvalue weighted by Crippen LogP contribution is 2.32. The molecule has 1 aromatic carbocycles. The van der Waals surface area contributed by atoms with E-state index in [-0.39, 0.29) is 0 Å². The predicted octanol–water partition coefficient (Wildman–Crippen LogP) is 4.47. The molecular weight excluding hydrogens is 256 g/mol. The van der Waals surface area contributed by atoms with E-state index < -0.39 is 6.10 Å². The van der Waals surface area contributed by atoms with Gasteiger partial charge in [-0.1, -0.05) is 24.3 Å². The molecule has 0 saturated carbocycles. The summed E-state index contributed by atoms with van der Waals surface area (Å²) in [4.78, 5) is 1.31. The third-order valence-electron chi connectivity index (χ3n) is 3.40.